The molecule has 0 aliphatic heterocycles. The van der Waals surface area contributed by atoms with Crippen LogP contribution in [0.3, 0.4) is 0 Å². The Morgan fingerprint density at radius 2 is 1.62 bits per heavy atom. The highest BCUT2D eigenvalue weighted by atomic mass is 16.7. The van der Waals surface area contributed by atoms with Crippen LogP contribution >= 0.6 is 0 Å². The number of hydrogen-bond acceptors (Lipinski definition) is 3. The predicted octanol–water partition coefficient (Wildman–Crippen LogP) is 1.64. The highest BCUT2D eigenvalue weighted by molar-refractivity contribution is 5.75. The van der Waals surface area contributed by atoms with Crippen molar-refractivity contribution in [2.24, 2.45) is 0 Å². The van der Waals surface area contributed by atoms with E-state index in [0.29, 0.717) is 13.2 Å². The minimum atomic E-state index is -1.48. The van der Waals surface area contributed by atoms with Crippen LogP contribution < -0.4 is 0 Å². The number of carboxylic acids is 1. The van der Waals surface area contributed by atoms with Crippen LogP contribution in [-0.4, -0.2) is 30.1 Å². The average molecular weight is 190 g/mol. The summed E-state index contributed by atoms with van der Waals surface area (Å²) in [5, 5.41) is 8.84. The number of carboxylic acid groups (broad SMARTS) is 1. The van der Waals surface area contributed by atoms with Gasteiger partial charge in [-0.05, 0) is 12.8 Å². The van der Waals surface area contributed by atoms with Crippen molar-refractivity contribution in [1.29, 1.82) is 0 Å². The van der Waals surface area contributed by atoms with Crippen molar-refractivity contribution in [2.75, 3.05) is 13.2 Å². The van der Waals surface area contributed by atoms with Gasteiger partial charge in [0.05, 0.1) is 13.2 Å². The monoisotopic (exact) mass is 190 g/mol. The maximum absolute atomic E-state index is 10.8. The Hall–Kier alpha value is -0.610. The number of carbonyl (C=O) groups is 1. The van der Waals surface area contributed by atoms with Crippen LogP contribution in [0.2, 0.25) is 0 Å². The Labute approximate surface area is 78.8 Å². The number of hydrogen-bond donors (Lipinski definition) is 1. The molecule has 0 fully saturated rings. The van der Waals surface area contributed by atoms with Crippen molar-refractivity contribution in [3.63, 3.8) is 0 Å². The Balaban J connectivity index is 4.08. The lowest BCUT2D eigenvalue weighted by molar-refractivity contribution is -0.236. The maximum atomic E-state index is 10.8. The smallest absolute Gasteiger partial charge is 0.364 e. The first kappa shape index (κ1) is 12.4. The fourth-order valence-electron chi connectivity index (χ4n) is 0.759. The van der Waals surface area contributed by atoms with E-state index in [-0.39, 0.29) is 0 Å². The van der Waals surface area contributed by atoms with E-state index in [2.05, 4.69) is 0 Å². The van der Waals surface area contributed by atoms with Gasteiger partial charge in [0.15, 0.2) is 0 Å². The van der Waals surface area contributed by atoms with Gasteiger partial charge < -0.3 is 14.6 Å². The molecule has 0 aliphatic carbocycles. The molecule has 0 aliphatic rings. The number of rotatable bonds is 7. The van der Waals surface area contributed by atoms with Gasteiger partial charge in [-0.25, -0.2) is 4.79 Å². The van der Waals surface area contributed by atoms with Gasteiger partial charge in [-0.15, -0.1) is 0 Å². The second-order valence-corrected chi connectivity index (χ2v) is 2.95. The lowest BCUT2D eigenvalue weighted by atomic mass is 10.3. The van der Waals surface area contributed by atoms with E-state index in [1.165, 1.54) is 6.92 Å². The third-order valence-corrected chi connectivity index (χ3v) is 1.55. The first-order valence-corrected chi connectivity index (χ1v) is 4.58. The molecule has 0 saturated heterocycles. The third kappa shape index (κ3) is 4.24. The van der Waals surface area contributed by atoms with Gasteiger partial charge in [0.2, 0.25) is 0 Å². The lowest BCUT2D eigenvalue weighted by Gasteiger charge is -2.24. The Bertz CT molecular complexity index is 148. The van der Waals surface area contributed by atoms with E-state index in [0.717, 1.165) is 12.8 Å². The van der Waals surface area contributed by atoms with E-state index in [1.807, 2.05) is 13.8 Å². The fraction of sp³-hybridized carbons (Fsp3) is 0.889. The lowest BCUT2D eigenvalue weighted by Crippen LogP contribution is -2.41. The first-order valence-electron chi connectivity index (χ1n) is 4.58. The van der Waals surface area contributed by atoms with Crippen molar-refractivity contribution < 1.29 is 19.4 Å². The molecule has 0 aromatic carbocycles. The molecule has 0 amide bonds. The summed E-state index contributed by atoms with van der Waals surface area (Å²) < 4.78 is 10.2. The molecule has 0 radical (unpaired) electrons. The van der Waals surface area contributed by atoms with Crippen molar-refractivity contribution in [1.82, 2.24) is 0 Å². The van der Waals surface area contributed by atoms with Gasteiger partial charge >= 0.3 is 5.97 Å². The van der Waals surface area contributed by atoms with E-state index in [1.54, 1.807) is 0 Å². The first-order chi connectivity index (χ1) is 6.06. The zero-order valence-electron chi connectivity index (χ0n) is 8.50. The van der Waals surface area contributed by atoms with Gasteiger partial charge in [-0.3, -0.25) is 0 Å². The topological polar surface area (TPSA) is 55.8 Å². The van der Waals surface area contributed by atoms with Crippen molar-refractivity contribution in [2.45, 2.75) is 39.4 Å². The molecule has 0 unspecified atom stereocenters. The second kappa shape index (κ2) is 5.94. The molecule has 4 heteroatoms. The summed E-state index contributed by atoms with van der Waals surface area (Å²) in [5.41, 5.74) is 0. The summed E-state index contributed by atoms with van der Waals surface area (Å²) in [6, 6.07) is 0. The standard InChI is InChI=1S/C9H18O4/c1-4-6-12-9(3,8(10)11)13-7-5-2/h4-7H2,1-3H3,(H,10,11). The molecule has 0 aromatic rings. The quantitative estimate of drug-likeness (QED) is 0.620. The molecule has 78 valence electrons. The minimum Gasteiger partial charge on any atom is -0.477 e. The van der Waals surface area contributed by atoms with Gasteiger partial charge in [0.1, 0.15) is 0 Å². The van der Waals surface area contributed by atoms with Gasteiger partial charge in [0.25, 0.3) is 5.79 Å². The molecule has 0 aromatic heterocycles. The average Bonchev–Trinajstić information content (AvgIpc) is 2.11. The van der Waals surface area contributed by atoms with E-state index in [4.69, 9.17) is 14.6 Å². The largest absolute Gasteiger partial charge is 0.477 e. The van der Waals surface area contributed by atoms with Crippen LogP contribution in [-0.2, 0) is 14.3 Å². The Kier molecular flexibility index (Phi) is 5.66. The van der Waals surface area contributed by atoms with E-state index >= 15 is 0 Å². The normalized spacial score (nSPS) is 11.6. The summed E-state index contributed by atoms with van der Waals surface area (Å²) in [6.07, 6.45) is 1.55. The van der Waals surface area contributed by atoms with Gasteiger partial charge in [-0.2, -0.15) is 0 Å². The van der Waals surface area contributed by atoms with E-state index in [9.17, 15) is 4.79 Å². The molecule has 1 N–H and O–H groups in total. The molecule has 4 nitrogen and oxygen atoms in total. The maximum Gasteiger partial charge on any atom is 0.364 e. The van der Waals surface area contributed by atoms with Crippen molar-refractivity contribution in [3.8, 4) is 0 Å². The predicted molar refractivity (Wildman–Crippen MR) is 48.5 cm³/mol. The van der Waals surface area contributed by atoms with Gasteiger partial charge in [-0.1, -0.05) is 13.8 Å². The zero-order valence-corrected chi connectivity index (χ0v) is 8.50. The zero-order chi connectivity index (χ0) is 10.3. The van der Waals surface area contributed by atoms with Gasteiger partial charge in [0, 0.05) is 6.92 Å². The summed E-state index contributed by atoms with van der Waals surface area (Å²) in [4.78, 5) is 10.8. The SMILES string of the molecule is CCCOC(C)(OCCC)C(=O)O. The van der Waals surface area contributed by atoms with Crippen LogP contribution in [0.1, 0.15) is 33.6 Å². The minimum absolute atomic E-state index is 0.395. The van der Waals surface area contributed by atoms with Crippen LogP contribution in [0.15, 0.2) is 0 Å². The summed E-state index contributed by atoms with van der Waals surface area (Å²) in [7, 11) is 0. The molecule has 0 rings (SSSR count). The van der Waals surface area contributed by atoms with Crippen LogP contribution in [0, 0.1) is 0 Å². The number of ether oxygens (including phenoxy) is 2. The Morgan fingerprint density at radius 3 is 1.85 bits per heavy atom. The molecule has 0 saturated carbocycles. The molecule has 13 heavy (non-hydrogen) atoms. The van der Waals surface area contributed by atoms with Crippen molar-refractivity contribution in [3.05, 3.63) is 0 Å². The molecular weight excluding hydrogens is 172 g/mol. The highest BCUT2D eigenvalue weighted by Crippen LogP contribution is 2.13. The van der Waals surface area contributed by atoms with E-state index < -0.39 is 11.8 Å². The molecule has 0 spiro atoms. The highest BCUT2D eigenvalue weighted by Gasteiger charge is 2.34. The van der Waals surface area contributed by atoms with Crippen LogP contribution in [0.4, 0.5) is 0 Å². The molecule has 0 bridgehead atoms. The fourth-order valence-corrected chi connectivity index (χ4v) is 0.759. The van der Waals surface area contributed by atoms with Crippen LogP contribution in [0.25, 0.3) is 0 Å². The molecule has 0 heterocycles. The third-order valence-electron chi connectivity index (χ3n) is 1.55. The number of aliphatic carboxylic acids is 1. The summed E-state index contributed by atoms with van der Waals surface area (Å²) in [6.45, 7) is 6.06. The Morgan fingerprint density at radius 1 is 1.23 bits per heavy atom. The van der Waals surface area contributed by atoms with Crippen molar-refractivity contribution >= 4 is 5.97 Å². The molecule has 0 atom stereocenters. The molecular formula is C9H18O4. The summed E-state index contributed by atoms with van der Waals surface area (Å²) >= 11 is 0. The van der Waals surface area contributed by atoms with Crippen LogP contribution in [0.5, 0.6) is 0 Å². The second-order valence-electron chi connectivity index (χ2n) is 2.95. The summed E-state index contributed by atoms with van der Waals surface area (Å²) in [5.74, 6) is -2.55.